The molecule has 2 aromatic carbocycles. The fourth-order valence-electron chi connectivity index (χ4n) is 4.80. The lowest BCUT2D eigenvalue weighted by atomic mass is 9.89. The molecule has 0 radical (unpaired) electrons. The van der Waals surface area contributed by atoms with E-state index in [2.05, 4.69) is 5.32 Å². The first-order valence-corrected chi connectivity index (χ1v) is 13.0. The number of benzene rings is 2. The van der Waals surface area contributed by atoms with Gasteiger partial charge in [0.05, 0.1) is 35.6 Å². The number of nitrogens with zero attached hydrogens (tertiary/aromatic N) is 1. The van der Waals surface area contributed by atoms with Gasteiger partial charge in [-0.2, -0.15) is 26.3 Å². The van der Waals surface area contributed by atoms with Crippen molar-refractivity contribution in [1.82, 2.24) is 5.32 Å². The van der Waals surface area contributed by atoms with Crippen LogP contribution in [0.15, 0.2) is 36.4 Å². The molecular formula is C27H27ClF6N2O4. The summed E-state index contributed by atoms with van der Waals surface area (Å²) in [5.41, 5.74) is -2.09. The second-order valence-corrected chi connectivity index (χ2v) is 10.6. The lowest BCUT2D eigenvalue weighted by Crippen LogP contribution is -2.49. The Morgan fingerprint density at radius 3 is 2.20 bits per heavy atom. The number of rotatable bonds is 6. The monoisotopic (exact) mass is 592 g/mol. The summed E-state index contributed by atoms with van der Waals surface area (Å²) in [4.78, 5) is 27.2. The van der Waals surface area contributed by atoms with Crippen molar-refractivity contribution in [2.75, 3.05) is 11.5 Å². The Balaban J connectivity index is 1.48. The van der Waals surface area contributed by atoms with E-state index < -0.39 is 48.3 Å². The van der Waals surface area contributed by atoms with Gasteiger partial charge in [-0.1, -0.05) is 11.6 Å². The van der Waals surface area contributed by atoms with Crippen LogP contribution in [0.5, 0.6) is 0 Å². The molecule has 13 heteroatoms. The van der Waals surface area contributed by atoms with Crippen LogP contribution >= 0.6 is 11.6 Å². The molecule has 2 aliphatic rings. The minimum atomic E-state index is -4.97. The van der Waals surface area contributed by atoms with Crippen molar-refractivity contribution >= 4 is 29.5 Å². The van der Waals surface area contributed by atoms with Crippen LogP contribution in [0.25, 0.3) is 0 Å². The van der Waals surface area contributed by atoms with Gasteiger partial charge in [-0.25, -0.2) is 9.59 Å². The van der Waals surface area contributed by atoms with Crippen molar-refractivity contribution in [1.29, 1.82) is 0 Å². The summed E-state index contributed by atoms with van der Waals surface area (Å²) in [6, 6.07) is 5.25. The van der Waals surface area contributed by atoms with Crippen LogP contribution in [0.2, 0.25) is 5.02 Å². The van der Waals surface area contributed by atoms with Crippen LogP contribution in [-0.2, 0) is 28.2 Å². The van der Waals surface area contributed by atoms with Crippen LogP contribution in [0.4, 0.5) is 41.6 Å². The van der Waals surface area contributed by atoms with Crippen LogP contribution < -0.4 is 10.2 Å². The first-order chi connectivity index (χ1) is 18.6. The molecule has 6 nitrogen and oxygen atoms in total. The smallest absolute Gasteiger partial charge is 0.416 e. The topological polar surface area (TPSA) is 67.9 Å². The summed E-state index contributed by atoms with van der Waals surface area (Å²) in [6.07, 6.45) is -9.97. The average molecular weight is 593 g/mol. The second-order valence-electron chi connectivity index (χ2n) is 10.1. The summed E-state index contributed by atoms with van der Waals surface area (Å²) in [7, 11) is 0. The SMILES string of the molecule is CC(C)OC(=O)N1c2ccc(Cl)cc2C(NC(=O)OCCc2cc(C(F)(F)F)cc(C(F)(F)F)c2)CC1C1CC1. The molecule has 2 atom stereocenters. The highest BCUT2D eigenvalue weighted by Gasteiger charge is 2.45. The Labute approximate surface area is 231 Å². The molecule has 40 heavy (non-hydrogen) atoms. The summed E-state index contributed by atoms with van der Waals surface area (Å²) in [6.45, 7) is 3.01. The van der Waals surface area contributed by atoms with Crippen molar-refractivity contribution in [2.45, 2.75) is 70.1 Å². The van der Waals surface area contributed by atoms with Crippen LogP contribution in [0.3, 0.4) is 0 Å². The molecule has 0 bridgehead atoms. The number of alkyl carbamates (subject to hydrolysis) is 1. The largest absolute Gasteiger partial charge is 0.449 e. The van der Waals surface area contributed by atoms with Crippen LogP contribution in [0, 0.1) is 5.92 Å². The highest BCUT2D eigenvalue weighted by molar-refractivity contribution is 6.30. The molecule has 1 fully saturated rings. The molecule has 4 rings (SSSR count). The molecule has 2 amide bonds. The zero-order valence-electron chi connectivity index (χ0n) is 21.5. The van der Waals surface area contributed by atoms with Crippen molar-refractivity contribution in [3.05, 3.63) is 63.7 Å². The third kappa shape index (κ3) is 7.13. The first kappa shape index (κ1) is 29.8. The maximum atomic E-state index is 13.1. The summed E-state index contributed by atoms with van der Waals surface area (Å²) < 4.78 is 89.3. The molecule has 2 unspecified atom stereocenters. The number of fused-ring (bicyclic) bond motifs is 1. The highest BCUT2D eigenvalue weighted by atomic mass is 35.5. The van der Waals surface area contributed by atoms with Gasteiger partial charge in [0.1, 0.15) is 0 Å². The predicted octanol–water partition coefficient (Wildman–Crippen LogP) is 7.92. The molecule has 1 saturated carbocycles. The van der Waals surface area contributed by atoms with Crippen LogP contribution in [-0.4, -0.2) is 30.9 Å². The van der Waals surface area contributed by atoms with Crippen molar-refractivity contribution in [3.63, 3.8) is 0 Å². The fourth-order valence-corrected chi connectivity index (χ4v) is 4.98. The van der Waals surface area contributed by atoms with Gasteiger partial charge in [-0.05, 0) is 86.6 Å². The standard InChI is InChI=1S/C27H27ClF6N2O4/c1-14(2)40-25(38)36-22-6-5-19(28)12-20(22)21(13-23(36)16-3-4-16)35-24(37)39-8-7-15-9-17(26(29,30)31)11-18(10-15)27(32,33)34/h5-6,9-12,14,16,21,23H,3-4,7-8,13H2,1-2H3,(H,35,37). The third-order valence-corrected chi connectivity index (χ3v) is 6.93. The molecule has 0 spiro atoms. The Morgan fingerprint density at radius 2 is 1.65 bits per heavy atom. The van der Waals surface area contributed by atoms with E-state index in [0.29, 0.717) is 34.8 Å². The van der Waals surface area contributed by atoms with Crippen molar-refractivity contribution in [3.8, 4) is 0 Å². The molecule has 218 valence electrons. The zero-order valence-corrected chi connectivity index (χ0v) is 22.3. The van der Waals surface area contributed by atoms with Crippen LogP contribution in [0.1, 0.15) is 61.4 Å². The highest BCUT2D eigenvalue weighted by Crippen LogP contribution is 2.47. The number of nitrogens with one attached hydrogen (secondary N) is 1. The number of alkyl halides is 6. The maximum Gasteiger partial charge on any atom is 0.416 e. The van der Waals surface area contributed by atoms with Gasteiger partial charge in [-0.15, -0.1) is 0 Å². The Bertz CT molecular complexity index is 1230. The van der Waals surface area contributed by atoms with Gasteiger partial charge in [0.2, 0.25) is 0 Å². The number of carbonyl (C=O) groups is 2. The number of halogens is 7. The minimum absolute atomic E-state index is 0.0409. The molecule has 0 saturated heterocycles. The molecule has 1 aliphatic carbocycles. The van der Waals surface area contributed by atoms with Gasteiger partial charge in [0.15, 0.2) is 0 Å². The lowest BCUT2D eigenvalue weighted by Gasteiger charge is -2.41. The fraction of sp³-hybridized carbons (Fsp3) is 0.481. The first-order valence-electron chi connectivity index (χ1n) is 12.6. The molecular weight excluding hydrogens is 566 g/mol. The normalized spacial score (nSPS) is 19.3. The van der Waals surface area contributed by atoms with Gasteiger partial charge in [-0.3, -0.25) is 4.90 Å². The maximum absolute atomic E-state index is 13.1. The number of hydrogen-bond donors (Lipinski definition) is 1. The van der Waals surface area contributed by atoms with E-state index in [9.17, 15) is 35.9 Å². The Hall–Kier alpha value is -3.15. The minimum Gasteiger partial charge on any atom is -0.449 e. The van der Waals surface area contributed by atoms with E-state index in [-0.39, 0.29) is 36.1 Å². The van der Waals surface area contributed by atoms with Gasteiger partial charge < -0.3 is 14.8 Å². The van der Waals surface area contributed by atoms with Gasteiger partial charge in [0, 0.05) is 17.5 Å². The van der Waals surface area contributed by atoms with E-state index in [1.54, 1.807) is 36.9 Å². The number of hydrogen-bond acceptors (Lipinski definition) is 4. The average Bonchev–Trinajstić information content (AvgIpc) is 3.67. The van der Waals surface area contributed by atoms with E-state index in [1.165, 1.54) is 0 Å². The Kier molecular flexibility index (Phi) is 8.49. The van der Waals surface area contributed by atoms with E-state index >= 15 is 0 Å². The molecule has 1 N–H and O–H groups in total. The molecule has 2 aromatic rings. The van der Waals surface area contributed by atoms with E-state index in [4.69, 9.17) is 21.1 Å². The number of carbonyl (C=O) groups excluding carboxylic acids is 2. The Morgan fingerprint density at radius 1 is 1.02 bits per heavy atom. The van der Waals surface area contributed by atoms with E-state index in [1.807, 2.05) is 0 Å². The number of amides is 2. The second kappa shape index (κ2) is 11.4. The van der Waals surface area contributed by atoms with E-state index in [0.717, 1.165) is 12.8 Å². The number of ether oxygens (including phenoxy) is 2. The molecule has 1 aliphatic heterocycles. The predicted molar refractivity (Wildman–Crippen MR) is 134 cm³/mol. The summed E-state index contributed by atoms with van der Waals surface area (Å²) in [5.74, 6) is 0.201. The van der Waals surface area contributed by atoms with Gasteiger partial charge in [0.25, 0.3) is 0 Å². The van der Waals surface area contributed by atoms with Crippen molar-refractivity contribution in [2.24, 2.45) is 5.92 Å². The summed E-state index contributed by atoms with van der Waals surface area (Å²) in [5, 5.41) is 3.08. The molecule has 0 aromatic heterocycles. The lowest BCUT2D eigenvalue weighted by molar-refractivity contribution is -0.143. The molecule has 1 heterocycles. The third-order valence-electron chi connectivity index (χ3n) is 6.70. The zero-order chi connectivity index (χ0) is 29.4. The van der Waals surface area contributed by atoms with Gasteiger partial charge >= 0.3 is 24.5 Å². The quantitative estimate of drug-likeness (QED) is 0.346. The summed E-state index contributed by atoms with van der Waals surface area (Å²) >= 11 is 6.20. The number of anilines is 1. The van der Waals surface area contributed by atoms with Crippen molar-refractivity contribution < 1.29 is 45.4 Å².